The number of hydrogen-bond donors (Lipinski definition) is 3. The SMILES string of the molecule is CCCN(C=O)c1nn(C)c2cc(N3CC4CC(C3)N4Cc3cccc(S(=O)c4ccc(Nc5nc6c(OC(C)C)c(/C(C=N)=C/N)ncn6n5)c(F)c4)c3)ccc12. The zero-order valence-corrected chi connectivity index (χ0v) is 33.5. The lowest BCUT2D eigenvalue weighted by atomic mass is 9.86. The van der Waals surface area contributed by atoms with Crippen molar-refractivity contribution < 1.29 is 18.1 Å². The van der Waals surface area contributed by atoms with Gasteiger partial charge in [0.25, 0.3) is 0 Å². The number of anilines is 4. The summed E-state index contributed by atoms with van der Waals surface area (Å²) in [5, 5.41) is 20.6. The zero-order valence-electron chi connectivity index (χ0n) is 32.7. The summed E-state index contributed by atoms with van der Waals surface area (Å²) in [6.07, 6.45) is 6.34. The maximum Gasteiger partial charge on any atom is 0.247 e. The third-order valence-electron chi connectivity index (χ3n) is 10.6. The minimum atomic E-state index is -1.62. The van der Waals surface area contributed by atoms with Gasteiger partial charge in [0.1, 0.15) is 17.8 Å². The van der Waals surface area contributed by atoms with Crippen molar-refractivity contribution in [3.05, 3.63) is 90.3 Å². The maximum absolute atomic E-state index is 15.6. The molecule has 3 unspecified atom stereocenters. The van der Waals surface area contributed by atoms with Crippen LogP contribution in [0.4, 0.5) is 27.5 Å². The Labute approximate surface area is 337 Å². The molecule has 6 heterocycles. The Morgan fingerprint density at radius 3 is 2.62 bits per heavy atom. The van der Waals surface area contributed by atoms with Crippen LogP contribution in [0, 0.1) is 11.2 Å². The number of aromatic nitrogens is 6. The Morgan fingerprint density at radius 2 is 1.91 bits per heavy atom. The normalized spacial score (nSPS) is 17.4. The molecule has 1 amide bonds. The molecular formula is C41H45FN12O3S. The van der Waals surface area contributed by atoms with Crippen molar-refractivity contribution in [3.63, 3.8) is 0 Å². The number of carbonyl (C=O) groups excluding carboxylic acids is 1. The number of piperazine rings is 1. The molecule has 15 nitrogen and oxygen atoms in total. The topological polar surface area (TPSA) is 176 Å². The first-order valence-corrected chi connectivity index (χ1v) is 20.3. The van der Waals surface area contributed by atoms with E-state index in [-0.39, 0.29) is 23.5 Å². The van der Waals surface area contributed by atoms with Crippen LogP contribution in [0.25, 0.3) is 22.1 Å². The van der Waals surface area contributed by atoms with E-state index in [1.54, 1.807) is 11.0 Å². The molecule has 3 saturated heterocycles. The molecular weight excluding hydrogens is 760 g/mol. The van der Waals surface area contributed by atoms with Gasteiger partial charge in [-0.2, -0.15) is 14.6 Å². The lowest BCUT2D eigenvalue weighted by molar-refractivity contribution is -0.107. The largest absolute Gasteiger partial charge is 0.485 e. The Hall–Kier alpha value is -6.20. The summed E-state index contributed by atoms with van der Waals surface area (Å²) in [4.78, 5) is 28.2. The minimum Gasteiger partial charge on any atom is -0.485 e. The van der Waals surface area contributed by atoms with Crippen LogP contribution < -0.4 is 25.6 Å². The predicted octanol–water partition coefficient (Wildman–Crippen LogP) is 5.63. The van der Waals surface area contributed by atoms with Gasteiger partial charge in [-0.05, 0) is 80.8 Å². The summed E-state index contributed by atoms with van der Waals surface area (Å²) in [5.41, 5.74) is 9.99. The Bertz CT molecular complexity index is 2580. The van der Waals surface area contributed by atoms with Crippen molar-refractivity contribution in [1.82, 2.24) is 34.3 Å². The van der Waals surface area contributed by atoms with Crippen molar-refractivity contribution >= 4 is 68.7 Å². The maximum atomic E-state index is 15.6. The Kier molecular flexibility index (Phi) is 10.7. The van der Waals surface area contributed by atoms with Crippen LogP contribution in [0.15, 0.2) is 83.0 Å². The third-order valence-corrected chi connectivity index (χ3v) is 11.9. The number of carbonyl (C=O) groups is 1. The standard InChI is InChI=1S/C41H45FN12O3S/c1-5-13-51(24-55)39-33-11-9-28(16-36(33)50(4)48-39)52-21-29-15-30(22-52)53(29)20-26-7-6-8-31(14-26)58(56)32-10-12-35(34(42)17-32)46-41-47-40-38(57-25(2)3)37(27(18-43)19-44)45-23-54(40)49-41/h6-12,14,16-19,23-25,29-30,43H,5,13,15,20-22,44H2,1-4H3,(H,46,49)/b27-19+,43-18?. The molecule has 3 atom stereocenters. The number of aryl methyl sites for hydroxylation is 1. The summed E-state index contributed by atoms with van der Waals surface area (Å²) in [7, 11) is 0.292. The second kappa shape index (κ2) is 16.0. The second-order valence-electron chi connectivity index (χ2n) is 14.8. The summed E-state index contributed by atoms with van der Waals surface area (Å²) < 4.78 is 38.6. The van der Waals surface area contributed by atoms with Gasteiger partial charge in [-0.1, -0.05) is 19.1 Å². The molecule has 0 spiro atoms. The fourth-order valence-corrected chi connectivity index (χ4v) is 8.95. The monoisotopic (exact) mass is 804 g/mol. The number of nitrogens with one attached hydrogen (secondary N) is 2. The van der Waals surface area contributed by atoms with Crippen LogP contribution in [0.2, 0.25) is 0 Å². The molecule has 3 fully saturated rings. The highest BCUT2D eigenvalue weighted by molar-refractivity contribution is 7.85. The van der Waals surface area contributed by atoms with Crippen LogP contribution in [-0.4, -0.2) is 88.9 Å². The lowest BCUT2D eigenvalue weighted by Crippen LogP contribution is -2.68. The van der Waals surface area contributed by atoms with E-state index in [1.165, 1.54) is 29.2 Å². The quantitative estimate of drug-likeness (QED) is 0.0867. The second-order valence-corrected chi connectivity index (χ2v) is 16.3. The van der Waals surface area contributed by atoms with E-state index in [1.807, 2.05) is 56.8 Å². The number of nitrogens with zero attached hydrogens (tertiary/aromatic N) is 9. The van der Waals surface area contributed by atoms with Gasteiger partial charge in [0.2, 0.25) is 18.0 Å². The highest BCUT2D eigenvalue weighted by Gasteiger charge is 2.44. The van der Waals surface area contributed by atoms with Crippen molar-refractivity contribution in [3.8, 4) is 5.75 Å². The summed E-state index contributed by atoms with van der Waals surface area (Å²) in [5.74, 6) is 0.457. The number of piperidine rings is 1. The fourth-order valence-electron chi connectivity index (χ4n) is 7.81. The van der Waals surface area contributed by atoms with Gasteiger partial charge in [-0.25, -0.2) is 13.6 Å². The third kappa shape index (κ3) is 7.26. The molecule has 300 valence electrons. The molecule has 3 aliphatic rings. The Balaban J connectivity index is 0.931. The number of allylic oxidation sites excluding steroid dienone is 1. The van der Waals surface area contributed by atoms with Gasteiger partial charge in [0.15, 0.2) is 11.6 Å². The van der Waals surface area contributed by atoms with Gasteiger partial charge in [0.05, 0.1) is 28.1 Å². The first kappa shape index (κ1) is 38.7. The van der Waals surface area contributed by atoms with Crippen molar-refractivity contribution in [2.24, 2.45) is 12.8 Å². The van der Waals surface area contributed by atoms with E-state index in [0.717, 1.165) is 67.3 Å². The van der Waals surface area contributed by atoms with E-state index in [2.05, 4.69) is 53.5 Å². The molecule has 6 aromatic rings. The predicted molar refractivity (Wildman–Crippen MR) is 223 cm³/mol. The number of amides is 1. The molecule has 3 aromatic heterocycles. The highest BCUT2D eigenvalue weighted by Crippen LogP contribution is 2.38. The molecule has 2 bridgehead atoms. The number of hydrogen-bond acceptors (Lipinski definition) is 12. The summed E-state index contributed by atoms with van der Waals surface area (Å²) in [6.45, 7) is 8.87. The van der Waals surface area contributed by atoms with Crippen LogP contribution >= 0.6 is 0 Å². The lowest BCUT2D eigenvalue weighted by Gasteiger charge is -2.57. The van der Waals surface area contributed by atoms with Gasteiger partial charge in [-0.15, -0.1) is 5.10 Å². The molecule has 0 saturated carbocycles. The number of halogens is 1. The van der Waals surface area contributed by atoms with Crippen molar-refractivity contribution in [2.75, 3.05) is 34.8 Å². The van der Waals surface area contributed by atoms with E-state index in [4.69, 9.17) is 15.9 Å². The molecule has 3 aliphatic heterocycles. The number of benzene rings is 3. The molecule has 58 heavy (non-hydrogen) atoms. The first-order valence-electron chi connectivity index (χ1n) is 19.2. The van der Waals surface area contributed by atoms with E-state index in [9.17, 15) is 9.00 Å². The summed E-state index contributed by atoms with van der Waals surface area (Å²) >= 11 is 0. The highest BCUT2D eigenvalue weighted by atomic mass is 32.2. The van der Waals surface area contributed by atoms with Crippen LogP contribution in [0.3, 0.4) is 0 Å². The average Bonchev–Trinajstić information content (AvgIpc) is 3.80. The van der Waals surface area contributed by atoms with Gasteiger partial charge >= 0.3 is 0 Å². The van der Waals surface area contributed by atoms with Crippen molar-refractivity contribution in [2.45, 2.75) is 68.1 Å². The van der Waals surface area contributed by atoms with E-state index in [0.29, 0.717) is 51.2 Å². The van der Waals surface area contributed by atoms with Crippen molar-refractivity contribution in [1.29, 1.82) is 5.41 Å². The molecule has 17 heteroatoms. The van der Waals surface area contributed by atoms with Gasteiger partial charge in [0, 0.05) is 84.2 Å². The Morgan fingerprint density at radius 1 is 1.12 bits per heavy atom. The number of rotatable bonds is 15. The van der Waals surface area contributed by atoms with Crippen LogP contribution in [0.1, 0.15) is 44.9 Å². The smallest absolute Gasteiger partial charge is 0.247 e. The number of ether oxygens (including phenoxy) is 1. The fraction of sp³-hybridized carbons (Fsp3) is 0.317. The molecule has 3 aromatic carbocycles. The molecule has 9 rings (SSSR count). The molecule has 0 aliphatic carbocycles. The van der Waals surface area contributed by atoms with Crippen LogP contribution in [0.5, 0.6) is 5.75 Å². The number of nitrogens with two attached hydrogens (primary N) is 1. The molecule has 0 radical (unpaired) electrons. The van der Waals surface area contributed by atoms with E-state index >= 15 is 4.39 Å². The zero-order chi connectivity index (χ0) is 40.7. The van der Waals surface area contributed by atoms with Crippen LogP contribution in [-0.2, 0) is 29.2 Å². The molecule has 4 N–H and O–H groups in total. The number of fused-ring (bicyclic) bond motifs is 4. The van der Waals surface area contributed by atoms with Gasteiger partial charge < -0.3 is 26.1 Å². The minimum absolute atomic E-state index is 0.0954. The average molecular weight is 805 g/mol. The van der Waals surface area contributed by atoms with Gasteiger partial charge in [-0.3, -0.25) is 19.3 Å². The first-order chi connectivity index (χ1) is 28.1. The van der Waals surface area contributed by atoms with E-state index < -0.39 is 16.6 Å². The summed E-state index contributed by atoms with van der Waals surface area (Å²) in [6, 6.07) is 19.2.